The minimum Gasteiger partial charge on any atom is -0.273 e. The number of hydrogen-bond acceptors (Lipinski definition) is 10. The van der Waals surface area contributed by atoms with Crippen molar-refractivity contribution in [1.82, 2.24) is 10.9 Å². The molecule has 12 nitrogen and oxygen atoms in total. The van der Waals surface area contributed by atoms with Crippen LogP contribution in [0, 0.1) is 20.2 Å². The summed E-state index contributed by atoms with van der Waals surface area (Å²) in [5.41, 5.74) is 4.75. The zero-order valence-corrected chi connectivity index (χ0v) is 18.4. The van der Waals surface area contributed by atoms with E-state index in [-0.39, 0.29) is 34.7 Å². The van der Waals surface area contributed by atoms with Crippen LogP contribution in [0.3, 0.4) is 0 Å². The highest BCUT2D eigenvalue weighted by Gasteiger charge is 2.09. The Labute approximate surface area is 190 Å². The van der Waals surface area contributed by atoms with Gasteiger partial charge in [-0.05, 0) is 25.0 Å². The van der Waals surface area contributed by atoms with E-state index in [9.17, 15) is 29.8 Å². The fourth-order valence-corrected chi connectivity index (χ4v) is 3.78. The highest BCUT2D eigenvalue weighted by molar-refractivity contribution is 7.17. The summed E-state index contributed by atoms with van der Waals surface area (Å²) >= 11 is 1.92. The van der Waals surface area contributed by atoms with E-state index in [2.05, 4.69) is 21.1 Å². The fraction of sp³-hybridized carbons (Fsp3) is 0.333. The molecular formula is C18H20N6O6S2. The maximum absolute atomic E-state index is 11.7. The maximum Gasteiger partial charge on any atom is 0.324 e. The third kappa shape index (κ3) is 9.09. The molecule has 0 spiro atoms. The molecule has 32 heavy (non-hydrogen) atoms. The summed E-state index contributed by atoms with van der Waals surface area (Å²) in [4.78, 5) is 44.8. The minimum absolute atomic E-state index is 0.00653. The van der Waals surface area contributed by atoms with Crippen molar-refractivity contribution < 1.29 is 19.4 Å². The first-order valence-electron chi connectivity index (χ1n) is 9.47. The first-order chi connectivity index (χ1) is 15.3. The number of nitro groups is 2. The van der Waals surface area contributed by atoms with E-state index >= 15 is 0 Å². The molecule has 2 aromatic heterocycles. The van der Waals surface area contributed by atoms with Crippen molar-refractivity contribution in [3.63, 3.8) is 0 Å². The van der Waals surface area contributed by atoms with E-state index in [1.54, 1.807) is 12.1 Å². The van der Waals surface area contributed by atoms with Crippen molar-refractivity contribution in [1.29, 1.82) is 0 Å². The van der Waals surface area contributed by atoms with Gasteiger partial charge in [0, 0.05) is 25.0 Å². The van der Waals surface area contributed by atoms with Crippen LogP contribution in [0.25, 0.3) is 0 Å². The summed E-state index contributed by atoms with van der Waals surface area (Å²) in [7, 11) is 0. The SMILES string of the molecule is O=C(CCCCCCC(=O)NN=Cc1ccc([N+](=O)[O-])s1)NN=Cc1ccc([N+](=O)[O-])s1. The van der Waals surface area contributed by atoms with Crippen molar-refractivity contribution in [3.8, 4) is 0 Å². The van der Waals surface area contributed by atoms with Gasteiger partial charge in [-0.25, -0.2) is 10.9 Å². The van der Waals surface area contributed by atoms with Gasteiger partial charge in [0.1, 0.15) is 0 Å². The molecule has 0 aromatic carbocycles. The summed E-state index contributed by atoms with van der Waals surface area (Å²) in [5, 5.41) is 28.8. The quantitative estimate of drug-likeness (QED) is 0.192. The Morgan fingerprint density at radius 3 is 1.53 bits per heavy atom. The molecule has 0 aliphatic heterocycles. The van der Waals surface area contributed by atoms with Gasteiger partial charge in [-0.1, -0.05) is 35.5 Å². The molecular weight excluding hydrogens is 460 g/mol. The second kappa shape index (κ2) is 13.0. The van der Waals surface area contributed by atoms with Crippen LogP contribution in [0.5, 0.6) is 0 Å². The van der Waals surface area contributed by atoms with Crippen LogP contribution in [0.1, 0.15) is 48.3 Å². The fourth-order valence-electron chi connectivity index (χ4n) is 2.39. The monoisotopic (exact) mass is 480 g/mol. The summed E-state index contributed by atoms with van der Waals surface area (Å²) in [6, 6.07) is 5.85. The topological polar surface area (TPSA) is 169 Å². The predicted octanol–water partition coefficient (Wildman–Crippen LogP) is 3.57. The van der Waals surface area contributed by atoms with Crippen molar-refractivity contribution in [2.24, 2.45) is 10.2 Å². The molecule has 2 heterocycles. The number of nitrogens with one attached hydrogen (secondary N) is 2. The second-order valence-corrected chi connectivity index (χ2v) is 8.55. The molecule has 0 atom stereocenters. The number of amides is 2. The molecule has 2 rings (SSSR count). The molecule has 0 saturated heterocycles. The van der Waals surface area contributed by atoms with Crippen molar-refractivity contribution in [3.05, 3.63) is 54.2 Å². The third-order valence-electron chi connectivity index (χ3n) is 3.90. The average Bonchev–Trinajstić information content (AvgIpc) is 3.40. The second-order valence-electron chi connectivity index (χ2n) is 6.37. The van der Waals surface area contributed by atoms with Gasteiger partial charge in [-0.15, -0.1) is 0 Å². The van der Waals surface area contributed by atoms with Crippen LogP contribution in [0.4, 0.5) is 10.0 Å². The lowest BCUT2D eigenvalue weighted by Gasteiger charge is -2.01. The normalized spacial score (nSPS) is 11.1. The Hall–Kier alpha value is -3.52. The first-order valence-corrected chi connectivity index (χ1v) is 11.1. The number of nitrogens with zero attached hydrogens (tertiary/aromatic N) is 4. The summed E-state index contributed by atoms with van der Waals surface area (Å²) in [5.74, 6) is -0.513. The Kier molecular flexibility index (Phi) is 10.1. The number of thiophene rings is 2. The smallest absolute Gasteiger partial charge is 0.273 e. The molecule has 0 aliphatic rings. The van der Waals surface area contributed by atoms with Crippen LogP contribution in [0.15, 0.2) is 34.5 Å². The van der Waals surface area contributed by atoms with Gasteiger partial charge in [0.05, 0.1) is 32.0 Å². The maximum atomic E-state index is 11.7. The first kappa shape index (κ1) is 24.7. The van der Waals surface area contributed by atoms with E-state index in [0.717, 1.165) is 35.5 Å². The molecule has 0 fully saturated rings. The molecule has 2 amide bonds. The Bertz CT molecular complexity index is 935. The standard InChI is InChI=1S/C18H20N6O6S2/c25-15(21-19-11-13-7-9-17(31-13)23(27)28)5-3-1-2-4-6-16(26)22-20-12-14-8-10-18(32-14)24(29)30/h7-12H,1-6H2,(H,21,25)(H,22,26). The van der Waals surface area contributed by atoms with E-state index in [1.807, 2.05) is 0 Å². The third-order valence-corrected chi connectivity index (χ3v) is 5.85. The zero-order valence-electron chi connectivity index (χ0n) is 16.8. The van der Waals surface area contributed by atoms with Gasteiger partial charge in [-0.3, -0.25) is 29.8 Å². The Morgan fingerprint density at radius 1 is 0.781 bits per heavy atom. The lowest BCUT2D eigenvalue weighted by Crippen LogP contribution is -2.17. The van der Waals surface area contributed by atoms with Crippen LogP contribution >= 0.6 is 22.7 Å². The minimum atomic E-state index is -0.488. The van der Waals surface area contributed by atoms with Crippen molar-refractivity contribution in [2.75, 3.05) is 0 Å². The van der Waals surface area contributed by atoms with Gasteiger partial charge in [-0.2, -0.15) is 10.2 Å². The molecule has 170 valence electrons. The molecule has 0 radical (unpaired) electrons. The van der Waals surface area contributed by atoms with E-state index in [0.29, 0.717) is 22.6 Å². The van der Waals surface area contributed by atoms with Crippen LogP contribution in [-0.2, 0) is 9.59 Å². The number of carbonyl (C=O) groups excluding carboxylic acids is 2. The Balaban J connectivity index is 1.51. The number of hydrogen-bond donors (Lipinski definition) is 2. The predicted molar refractivity (Wildman–Crippen MR) is 121 cm³/mol. The zero-order chi connectivity index (χ0) is 23.3. The van der Waals surface area contributed by atoms with E-state index in [1.165, 1.54) is 24.6 Å². The van der Waals surface area contributed by atoms with Crippen molar-refractivity contribution in [2.45, 2.75) is 38.5 Å². The lowest BCUT2D eigenvalue weighted by atomic mass is 10.1. The van der Waals surface area contributed by atoms with Crippen LogP contribution in [-0.4, -0.2) is 34.1 Å². The number of rotatable bonds is 13. The number of carbonyl (C=O) groups is 2. The van der Waals surface area contributed by atoms with Crippen LogP contribution in [0.2, 0.25) is 0 Å². The lowest BCUT2D eigenvalue weighted by molar-refractivity contribution is -0.380. The Morgan fingerprint density at radius 2 is 1.19 bits per heavy atom. The average molecular weight is 481 g/mol. The molecule has 0 aliphatic carbocycles. The summed E-state index contributed by atoms with van der Waals surface area (Å²) < 4.78 is 0. The molecule has 0 saturated carbocycles. The van der Waals surface area contributed by atoms with Gasteiger partial charge >= 0.3 is 10.0 Å². The highest BCUT2D eigenvalue weighted by atomic mass is 32.1. The number of unbranched alkanes of at least 4 members (excludes halogenated alkanes) is 3. The van der Waals surface area contributed by atoms with E-state index < -0.39 is 9.85 Å². The molecule has 14 heteroatoms. The number of hydrazone groups is 2. The van der Waals surface area contributed by atoms with Crippen LogP contribution < -0.4 is 10.9 Å². The summed E-state index contributed by atoms with van der Waals surface area (Å²) in [6.45, 7) is 0. The molecule has 2 aromatic rings. The highest BCUT2D eigenvalue weighted by Crippen LogP contribution is 2.23. The van der Waals surface area contributed by atoms with Crippen molar-refractivity contribution >= 4 is 56.9 Å². The van der Waals surface area contributed by atoms with Gasteiger partial charge < -0.3 is 0 Å². The molecule has 0 unspecified atom stereocenters. The van der Waals surface area contributed by atoms with Gasteiger partial charge in [0.2, 0.25) is 11.8 Å². The largest absolute Gasteiger partial charge is 0.324 e. The summed E-state index contributed by atoms with van der Waals surface area (Å²) in [6.07, 6.45) is 6.10. The molecule has 0 bridgehead atoms. The van der Waals surface area contributed by atoms with Gasteiger partial charge in [0.25, 0.3) is 0 Å². The van der Waals surface area contributed by atoms with Gasteiger partial charge in [0.15, 0.2) is 0 Å². The molecule has 2 N–H and O–H groups in total. The van der Waals surface area contributed by atoms with E-state index in [4.69, 9.17) is 0 Å².